The molecule has 1 atom stereocenters. The van der Waals surface area contributed by atoms with Gasteiger partial charge in [-0.05, 0) is 32.4 Å². The van der Waals surface area contributed by atoms with Crippen molar-refractivity contribution in [2.45, 2.75) is 38.5 Å². The predicted octanol–water partition coefficient (Wildman–Crippen LogP) is 3.00. The van der Waals surface area contributed by atoms with Crippen LogP contribution in [0.25, 0.3) is 4.96 Å². The molecule has 98 valence electrons. The minimum absolute atomic E-state index is 0.817. The fourth-order valence-corrected chi connectivity index (χ4v) is 4.70. The van der Waals surface area contributed by atoms with Crippen molar-refractivity contribution < 1.29 is 0 Å². The normalized spacial score (nSPS) is 20.0. The molecule has 0 radical (unpaired) electrons. The number of thioether (sulfide) groups is 1. The SMILES string of the molecule is Cc1nc2scc(C)n2c1CNCC1CCCS1. The second-order valence-electron chi connectivity index (χ2n) is 4.90. The summed E-state index contributed by atoms with van der Waals surface area (Å²) in [5.41, 5.74) is 3.78. The zero-order valence-electron chi connectivity index (χ0n) is 10.9. The summed E-state index contributed by atoms with van der Waals surface area (Å²) >= 11 is 3.84. The minimum atomic E-state index is 0.817. The van der Waals surface area contributed by atoms with Crippen LogP contribution in [0, 0.1) is 13.8 Å². The molecule has 0 saturated carbocycles. The lowest BCUT2D eigenvalue weighted by Crippen LogP contribution is -2.23. The molecule has 0 amide bonds. The second kappa shape index (κ2) is 5.23. The maximum absolute atomic E-state index is 4.62. The quantitative estimate of drug-likeness (QED) is 0.934. The number of thiazole rings is 1. The Hall–Kier alpha value is -0.520. The summed E-state index contributed by atoms with van der Waals surface area (Å²) in [6, 6.07) is 0. The van der Waals surface area contributed by atoms with Gasteiger partial charge >= 0.3 is 0 Å². The van der Waals surface area contributed by atoms with Crippen LogP contribution in [0.15, 0.2) is 5.38 Å². The molecule has 0 bridgehead atoms. The fraction of sp³-hybridized carbons (Fsp3) is 0.615. The van der Waals surface area contributed by atoms with Crippen molar-refractivity contribution in [2.75, 3.05) is 12.3 Å². The van der Waals surface area contributed by atoms with E-state index in [1.165, 1.54) is 30.0 Å². The number of rotatable bonds is 4. The first-order chi connectivity index (χ1) is 8.75. The molecule has 0 aliphatic carbocycles. The van der Waals surface area contributed by atoms with Crippen LogP contribution in [0.4, 0.5) is 0 Å². The van der Waals surface area contributed by atoms with Crippen molar-refractivity contribution in [1.82, 2.24) is 14.7 Å². The van der Waals surface area contributed by atoms with E-state index in [1.54, 1.807) is 11.3 Å². The predicted molar refractivity (Wildman–Crippen MR) is 79.7 cm³/mol. The highest BCUT2D eigenvalue weighted by Gasteiger charge is 2.16. The molecule has 2 aromatic rings. The van der Waals surface area contributed by atoms with Crippen molar-refractivity contribution in [3.05, 3.63) is 22.5 Å². The topological polar surface area (TPSA) is 29.3 Å². The molecule has 1 saturated heterocycles. The number of aryl methyl sites for hydroxylation is 2. The molecular weight excluding hydrogens is 262 g/mol. The van der Waals surface area contributed by atoms with Crippen molar-refractivity contribution in [3.63, 3.8) is 0 Å². The number of aromatic nitrogens is 2. The Morgan fingerprint density at radius 2 is 2.39 bits per heavy atom. The lowest BCUT2D eigenvalue weighted by molar-refractivity contribution is 0.633. The first-order valence-electron chi connectivity index (χ1n) is 6.50. The third kappa shape index (κ3) is 2.31. The summed E-state index contributed by atoms with van der Waals surface area (Å²) in [5.74, 6) is 1.34. The summed E-state index contributed by atoms with van der Waals surface area (Å²) < 4.78 is 2.29. The molecule has 3 heterocycles. The van der Waals surface area contributed by atoms with Crippen LogP contribution in [-0.4, -0.2) is 26.9 Å². The van der Waals surface area contributed by atoms with Gasteiger partial charge in [-0.25, -0.2) is 4.98 Å². The monoisotopic (exact) mass is 281 g/mol. The van der Waals surface area contributed by atoms with Gasteiger partial charge in [-0.1, -0.05) is 0 Å². The van der Waals surface area contributed by atoms with E-state index in [0.717, 1.165) is 29.0 Å². The molecule has 3 nitrogen and oxygen atoms in total. The zero-order valence-corrected chi connectivity index (χ0v) is 12.5. The summed E-state index contributed by atoms with van der Waals surface area (Å²) in [6.45, 7) is 6.32. The molecule has 2 aromatic heterocycles. The molecule has 1 unspecified atom stereocenters. The standard InChI is InChI=1S/C13H19N3S2/c1-9-8-18-13-15-10(2)12(16(9)13)7-14-6-11-4-3-5-17-11/h8,11,14H,3-7H2,1-2H3. The summed E-state index contributed by atoms with van der Waals surface area (Å²) in [5, 5.41) is 6.60. The maximum atomic E-state index is 4.62. The van der Waals surface area contributed by atoms with Gasteiger partial charge in [-0.15, -0.1) is 11.3 Å². The van der Waals surface area contributed by atoms with E-state index < -0.39 is 0 Å². The molecule has 1 aliphatic rings. The Bertz CT molecular complexity index is 538. The number of hydrogen-bond donors (Lipinski definition) is 1. The van der Waals surface area contributed by atoms with Crippen LogP contribution in [0.5, 0.6) is 0 Å². The van der Waals surface area contributed by atoms with Gasteiger partial charge in [0, 0.05) is 29.4 Å². The van der Waals surface area contributed by atoms with Gasteiger partial charge in [0.15, 0.2) is 4.96 Å². The molecule has 0 aromatic carbocycles. The number of nitrogens with one attached hydrogen (secondary N) is 1. The molecule has 5 heteroatoms. The fourth-order valence-electron chi connectivity index (χ4n) is 2.53. The number of fused-ring (bicyclic) bond motifs is 1. The maximum Gasteiger partial charge on any atom is 0.194 e. The van der Waals surface area contributed by atoms with Crippen molar-refractivity contribution in [2.24, 2.45) is 0 Å². The Labute approximate surface area is 116 Å². The van der Waals surface area contributed by atoms with Crippen LogP contribution in [0.3, 0.4) is 0 Å². The van der Waals surface area contributed by atoms with Crippen molar-refractivity contribution in [3.8, 4) is 0 Å². The van der Waals surface area contributed by atoms with Gasteiger partial charge in [0.25, 0.3) is 0 Å². The Balaban J connectivity index is 1.69. The highest BCUT2D eigenvalue weighted by atomic mass is 32.2. The molecule has 3 rings (SSSR count). The molecule has 0 spiro atoms. The third-order valence-corrected chi connectivity index (χ3v) is 5.86. The summed E-state index contributed by atoms with van der Waals surface area (Å²) in [6.07, 6.45) is 2.76. The minimum Gasteiger partial charge on any atom is -0.310 e. The van der Waals surface area contributed by atoms with Crippen LogP contribution in [-0.2, 0) is 6.54 Å². The molecular formula is C13H19N3S2. The number of imidazole rings is 1. The number of hydrogen-bond acceptors (Lipinski definition) is 4. The largest absolute Gasteiger partial charge is 0.310 e. The summed E-state index contributed by atoms with van der Waals surface area (Å²) in [4.78, 5) is 5.74. The van der Waals surface area contributed by atoms with Gasteiger partial charge in [-0.2, -0.15) is 11.8 Å². The van der Waals surface area contributed by atoms with Crippen LogP contribution >= 0.6 is 23.1 Å². The van der Waals surface area contributed by atoms with Gasteiger partial charge in [-0.3, -0.25) is 4.40 Å². The van der Waals surface area contributed by atoms with E-state index in [4.69, 9.17) is 0 Å². The lowest BCUT2D eigenvalue weighted by Gasteiger charge is -2.10. The van der Waals surface area contributed by atoms with Crippen LogP contribution < -0.4 is 5.32 Å². The van der Waals surface area contributed by atoms with Gasteiger partial charge < -0.3 is 5.32 Å². The van der Waals surface area contributed by atoms with E-state index in [2.05, 4.69) is 45.7 Å². The van der Waals surface area contributed by atoms with Gasteiger partial charge in [0.1, 0.15) is 0 Å². The van der Waals surface area contributed by atoms with E-state index in [0.29, 0.717) is 0 Å². The lowest BCUT2D eigenvalue weighted by atomic mass is 10.2. The Morgan fingerprint density at radius 3 is 3.17 bits per heavy atom. The van der Waals surface area contributed by atoms with E-state index in [1.807, 2.05) is 0 Å². The molecule has 1 fully saturated rings. The second-order valence-corrected chi connectivity index (χ2v) is 7.15. The summed E-state index contributed by atoms with van der Waals surface area (Å²) in [7, 11) is 0. The highest BCUT2D eigenvalue weighted by molar-refractivity contribution is 8.00. The highest BCUT2D eigenvalue weighted by Crippen LogP contribution is 2.25. The van der Waals surface area contributed by atoms with Crippen LogP contribution in [0.2, 0.25) is 0 Å². The van der Waals surface area contributed by atoms with E-state index >= 15 is 0 Å². The average Bonchev–Trinajstić information content (AvgIpc) is 3.02. The number of nitrogens with zero attached hydrogens (tertiary/aromatic N) is 2. The molecule has 1 N–H and O–H groups in total. The van der Waals surface area contributed by atoms with Gasteiger partial charge in [0.2, 0.25) is 0 Å². The first kappa shape index (κ1) is 12.5. The smallest absolute Gasteiger partial charge is 0.194 e. The molecule has 1 aliphatic heterocycles. The van der Waals surface area contributed by atoms with Gasteiger partial charge in [0.05, 0.1) is 11.4 Å². The van der Waals surface area contributed by atoms with Crippen molar-refractivity contribution >= 4 is 28.1 Å². The average molecular weight is 281 g/mol. The van der Waals surface area contributed by atoms with E-state index in [9.17, 15) is 0 Å². The Kier molecular flexibility index (Phi) is 3.63. The van der Waals surface area contributed by atoms with Crippen LogP contribution in [0.1, 0.15) is 29.9 Å². The van der Waals surface area contributed by atoms with E-state index in [-0.39, 0.29) is 0 Å². The third-order valence-electron chi connectivity index (χ3n) is 3.52. The Morgan fingerprint density at radius 1 is 1.50 bits per heavy atom. The molecule has 18 heavy (non-hydrogen) atoms. The zero-order chi connectivity index (χ0) is 12.5. The first-order valence-corrected chi connectivity index (χ1v) is 8.43. The van der Waals surface area contributed by atoms with Crippen molar-refractivity contribution in [1.29, 1.82) is 0 Å².